The molecule has 0 aliphatic heterocycles. The van der Waals surface area contributed by atoms with Gasteiger partial charge in [0, 0.05) is 15.5 Å². The second-order valence-electron chi connectivity index (χ2n) is 4.59. The molecule has 0 saturated heterocycles. The molecule has 0 aromatic heterocycles. The van der Waals surface area contributed by atoms with Crippen molar-refractivity contribution in [1.82, 2.24) is 4.72 Å². The molecule has 0 bridgehead atoms. The topological polar surface area (TPSA) is 46.2 Å². The van der Waals surface area contributed by atoms with Gasteiger partial charge in [0.1, 0.15) is 0 Å². The predicted molar refractivity (Wildman–Crippen MR) is 87.3 cm³/mol. The van der Waals surface area contributed by atoms with Crippen LogP contribution in [0, 0.1) is 0 Å². The Hall–Kier alpha value is -0.900. The lowest BCUT2D eigenvalue weighted by Crippen LogP contribution is -2.23. The van der Waals surface area contributed by atoms with Crippen LogP contribution in [0.25, 0.3) is 0 Å². The summed E-state index contributed by atoms with van der Waals surface area (Å²) in [5.74, 6) is 0. The number of hydrogen-bond donors (Lipinski definition) is 1. The molecular formula is C14H10Br2F3NO2S. The van der Waals surface area contributed by atoms with E-state index in [1.807, 2.05) is 0 Å². The van der Waals surface area contributed by atoms with E-state index in [1.165, 1.54) is 0 Å². The van der Waals surface area contributed by atoms with Gasteiger partial charge in [0.25, 0.3) is 0 Å². The Bertz CT molecular complexity index is 806. The van der Waals surface area contributed by atoms with Crippen molar-refractivity contribution in [2.24, 2.45) is 0 Å². The summed E-state index contributed by atoms with van der Waals surface area (Å²) >= 11 is 6.03. The van der Waals surface area contributed by atoms with Crippen molar-refractivity contribution in [2.75, 3.05) is 0 Å². The van der Waals surface area contributed by atoms with Crippen LogP contribution in [0.15, 0.2) is 56.3 Å². The van der Waals surface area contributed by atoms with Crippen molar-refractivity contribution in [3.05, 3.63) is 62.5 Å². The Morgan fingerprint density at radius 1 is 1.00 bits per heavy atom. The third-order valence-electron chi connectivity index (χ3n) is 2.93. The number of benzene rings is 2. The Balaban J connectivity index is 2.24. The van der Waals surface area contributed by atoms with E-state index in [2.05, 4.69) is 36.6 Å². The first-order chi connectivity index (χ1) is 10.6. The molecule has 0 radical (unpaired) electrons. The maximum atomic E-state index is 12.9. The largest absolute Gasteiger partial charge is 0.417 e. The summed E-state index contributed by atoms with van der Waals surface area (Å²) < 4.78 is 65.8. The Morgan fingerprint density at radius 3 is 2.17 bits per heavy atom. The van der Waals surface area contributed by atoms with Crippen LogP contribution in [0.2, 0.25) is 0 Å². The van der Waals surface area contributed by atoms with Gasteiger partial charge in [-0.3, -0.25) is 0 Å². The highest BCUT2D eigenvalue weighted by Crippen LogP contribution is 2.36. The zero-order valence-corrected chi connectivity index (χ0v) is 15.4. The fourth-order valence-electron chi connectivity index (χ4n) is 1.75. The summed E-state index contributed by atoms with van der Waals surface area (Å²) in [6.45, 7) is -0.0208. The standard InChI is InChI=1S/C14H10Br2F3NO2S/c15-10-3-1-9(2-4-10)8-20-23(21,22)11-5-6-13(16)12(7-11)14(17,18)19/h1-7,20H,8H2. The first-order valence-corrected chi connectivity index (χ1v) is 9.27. The van der Waals surface area contributed by atoms with Crippen LogP contribution in [0.4, 0.5) is 13.2 Å². The predicted octanol–water partition coefficient (Wildman–Crippen LogP) is 4.71. The molecule has 0 amide bonds. The van der Waals surface area contributed by atoms with Gasteiger partial charge in [-0.05, 0) is 35.9 Å². The first-order valence-electron chi connectivity index (χ1n) is 6.20. The van der Waals surface area contributed by atoms with Crippen LogP contribution in [0.3, 0.4) is 0 Å². The van der Waals surface area contributed by atoms with Crippen LogP contribution in [-0.4, -0.2) is 8.42 Å². The molecule has 1 N–H and O–H groups in total. The first kappa shape index (κ1) is 18.4. The molecule has 0 atom stereocenters. The van der Waals surface area contributed by atoms with Crippen molar-refractivity contribution >= 4 is 41.9 Å². The maximum Gasteiger partial charge on any atom is 0.417 e. The highest BCUT2D eigenvalue weighted by molar-refractivity contribution is 9.10. The normalized spacial score (nSPS) is 12.4. The van der Waals surface area contributed by atoms with Crippen molar-refractivity contribution in [1.29, 1.82) is 0 Å². The molecule has 0 aliphatic carbocycles. The molecule has 9 heteroatoms. The van der Waals surface area contributed by atoms with Gasteiger partial charge < -0.3 is 0 Å². The molecular weight excluding hydrogens is 463 g/mol. The highest BCUT2D eigenvalue weighted by atomic mass is 79.9. The van der Waals surface area contributed by atoms with Crippen LogP contribution < -0.4 is 4.72 Å². The zero-order valence-electron chi connectivity index (χ0n) is 11.4. The minimum absolute atomic E-state index is 0.0208. The van der Waals surface area contributed by atoms with E-state index in [0.29, 0.717) is 11.6 Å². The van der Waals surface area contributed by atoms with Crippen LogP contribution in [0.1, 0.15) is 11.1 Å². The minimum atomic E-state index is -4.64. The van der Waals surface area contributed by atoms with E-state index in [-0.39, 0.29) is 11.0 Å². The van der Waals surface area contributed by atoms with E-state index >= 15 is 0 Å². The number of alkyl halides is 3. The zero-order chi connectivity index (χ0) is 17.3. The lowest BCUT2D eigenvalue weighted by atomic mass is 10.2. The molecule has 23 heavy (non-hydrogen) atoms. The molecule has 0 aliphatic rings. The monoisotopic (exact) mass is 471 g/mol. The van der Waals surface area contributed by atoms with Gasteiger partial charge in [-0.25, -0.2) is 13.1 Å². The lowest BCUT2D eigenvalue weighted by Gasteiger charge is -2.12. The average Bonchev–Trinajstić information content (AvgIpc) is 2.46. The summed E-state index contributed by atoms with van der Waals surface area (Å²) in [6.07, 6.45) is -4.64. The average molecular weight is 473 g/mol. The molecule has 0 heterocycles. The molecule has 0 saturated carbocycles. The van der Waals surface area contributed by atoms with Crippen LogP contribution in [0.5, 0.6) is 0 Å². The fourth-order valence-corrected chi connectivity index (χ4v) is 3.53. The molecule has 124 valence electrons. The number of halogens is 5. The van der Waals surface area contributed by atoms with Crippen molar-refractivity contribution in [2.45, 2.75) is 17.6 Å². The number of hydrogen-bond acceptors (Lipinski definition) is 2. The smallest absolute Gasteiger partial charge is 0.207 e. The van der Waals surface area contributed by atoms with Gasteiger partial charge in [-0.1, -0.05) is 44.0 Å². The van der Waals surface area contributed by atoms with Crippen molar-refractivity contribution in [3.8, 4) is 0 Å². The lowest BCUT2D eigenvalue weighted by molar-refractivity contribution is -0.138. The highest BCUT2D eigenvalue weighted by Gasteiger charge is 2.34. The fraction of sp³-hybridized carbons (Fsp3) is 0.143. The van der Waals surface area contributed by atoms with Gasteiger partial charge in [0.05, 0.1) is 10.5 Å². The third kappa shape index (κ3) is 4.79. The van der Waals surface area contributed by atoms with Gasteiger partial charge in [0.15, 0.2) is 0 Å². The minimum Gasteiger partial charge on any atom is -0.207 e. The molecule has 0 unspecified atom stereocenters. The molecule has 0 spiro atoms. The second-order valence-corrected chi connectivity index (χ2v) is 8.13. The van der Waals surface area contributed by atoms with E-state index in [1.54, 1.807) is 24.3 Å². The van der Waals surface area contributed by atoms with Gasteiger partial charge in [-0.2, -0.15) is 13.2 Å². The quantitative estimate of drug-likeness (QED) is 0.700. The summed E-state index contributed by atoms with van der Waals surface area (Å²) in [5, 5.41) is 0. The Labute approximate surface area is 148 Å². The molecule has 0 fully saturated rings. The molecule has 3 nitrogen and oxygen atoms in total. The van der Waals surface area contributed by atoms with E-state index in [4.69, 9.17) is 0 Å². The summed E-state index contributed by atoms with van der Waals surface area (Å²) in [6, 6.07) is 9.68. The number of nitrogens with one attached hydrogen (secondary N) is 1. The number of sulfonamides is 1. The molecule has 2 aromatic rings. The number of rotatable bonds is 4. The van der Waals surface area contributed by atoms with Gasteiger partial charge in [0.2, 0.25) is 10.0 Å². The molecule has 2 rings (SSSR count). The van der Waals surface area contributed by atoms with Gasteiger partial charge in [-0.15, -0.1) is 0 Å². The maximum absolute atomic E-state index is 12.9. The Morgan fingerprint density at radius 2 is 1.61 bits per heavy atom. The van der Waals surface area contributed by atoms with Crippen molar-refractivity contribution < 1.29 is 21.6 Å². The van der Waals surface area contributed by atoms with Crippen LogP contribution in [-0.2, 0) is 22.7 Å². The third-order valence-corrected chi connectivity index (χ3v) is 5.55. The summed E-state index contributed by atoms with van der Waals surface area (Å²) in [7, 11) is -4.05. The van der Waals surface area contributed by atoms with E-state index in [0.717, 1.165) is 16.6 Å². The summed E-state index contributed by atoms with van der Waals surface area (Å²) in [5.41, 5.74) is -0.353. The second kappa shape index (κ2) is 6.92. The van der Waals surface area contributed by atoms with Crippen molar-refractivity contribution in [3.63, 3.8) is 0 Å². The molecule has 2 aromatic carbocycles. The van der Waals surface area contributed by atoms with Crippen LogP contribution >= 0.6 is 31.9 Å². The van der Waals surface area contributed by atoms with E-state index < -0.39 is 26.7 Å². The van der Waals surface area contributed by atoms with E-state index in [9.17, 15) is 21.6 Å². The SMILES string of the molecule is O=S(=O)(NCc1ccc(Br)cc1)c1ccc(Br)c(C(F)(F)F)c1. The Kier molecular flexibility index (Phi) is 5.55. The van der Waals surface area contributed by atoms with Gasteiger partial charge >= 0.3 is 6.18 Å². The summed E-state index contributed by atoms with van der Waals surface area (Å²) in [4.78, 5) is -0.440.